The van der Waals surface area contributed by atoms with Gasteiger partial charge in [0.1, 0.15) is 0 Å². The van der Waals surface area contributed by atoms with Crippen LogP contribution in [0.15, 0.2) is 36.3 Å². The Bertz CT molecular complexity index is 420. The molecule has 4 heteroatoms. The summed E-state index contributed by atoms with van der Waals surface area (Å²) in [6, 6.07) is 7.25. The van der Waals surface area contributed by atoms with Crippen LogP contribution in [0.4, 0.5) is 5.69 Å². The molecule has 1 aromatic carbocycles. The third-order valence-corrected chi connectivity index (χ3v) is 3.39. The van der Waals surface area contributed by atoms with Crippen molar-refractivity contribution in [1.82, 2.24) is 0 Å². The Morgan fingerprint density at radius 3 is 2.21 bits per heavy atom. The normalized spacial score (nSPS) is 11.0. The first-order chi connectivity index (χ1) is 6.47. The smallest absolute Gasteiger partial charge is 0.256 e. The molecule has 0 saturated carbocycles. The van der Waals surface area contributed by atoms with E-state index in [-0.39, 0.29) is 0 Å². The molecule has 0 N–H and O–H groups in total. The molecule has 0 atom stereocenters. The lowest BCUT2D eigenvalue weighted by Gasteiger charge is -2.16. The van der Waals surface area contributed by atoms with Crippen molar-refractivity contribution < 1.29 is 8.42 Å². The lowest BCUT2D eigenvalue weighted by molar-refractivity contribution is 0.603. The minimum atomic E-state index is -3.37. The highest BCUT2D eigenvalue weighted by atomic mass is 32.2. The van der Waals surface area contributed by atoms with Crippen molar-refractivity contribution >= 4 is 15.7 Å². The first kappa shape index (κ1) is 10.8. The van der Waals surface area contributed by atoms with E-state index < -0.39 is 10.0 Å². The van der Waals surface area contributed by atoms with Gasteiger partial charge in [0.05, 0.1) is 5.69 Å². The van der Waals surface area contributed by atoms with E-state index in [1.54, 1.807) is 12.1 Å². The molecular weight excluding hydrogens is 198 g/mol. The fourth-order valence-corrected chi connectivity index (χ4v) is 1.65. The molecule has 0 unspecified atom stereocenters. The molecule has 0 saturated heterocycles. The van der Waals surface area contributed by atoms with E-state index in [1.165, 1.54) is 11.4 Å². The molecule has 1 aromatic rings. The van der Waals surface area contributed by atoms with Gasteiger partial charge in [0.2, 0.25) is 0 Å². The lowest BCUT2D eigenvalue weighted by atomic mass is 10.2. The zero-order valence-corrected chi connectivity index (χ0v) is 9.08. The van der Waals surface area contributed by atoms with Gasteiger partial charge in [0.15, 0.2) is 0 Å². The second-order valence-electron chi connectivity index (χ2n) is 3.01. The van der Waals surface area contributed by atoms with Crippen LogP contribution in [0, 0.1) is 6.92 Å². The Hall–Kier alpha value is -1.29. The van der Waals surface area contributed by atoms with Crippen LogP contribution in [-0.4, -0.2) is 15.5 Å². The first-order valence-corrected chi connectivity index (χ1v) is 5.66. The number of benzene rings is 1. The third-order valence-electron chi connectivity index (χ3n) is 1.99. The Morgan fingerprint density at radius 2 is 1.79 bits per heavy atom. The first-order valence-electron chi connectivity index (χ1n) is 4.15. The van der Waals surface area contributed by atoms with E-state index in [0.29, 0.717) is 5.69 Å². The number of rotatable bonds is 3. The van der Waals surface area contributed by atoms with Crippen molar-refractivity contribution in [2.75, 3.05) is 11.4 Å². The quantitative estimate of drug-likeness (QED) is 0.765. The summed E-state index contributed by atoms with van der Waals surface area (Å²) >= 11 is 0. The highest BCUT2D eigenvalue weighted by Crippen LogP contribution is 2.16. The molecule has 14 heavy (non-hydrogen) atoms. The molecule has 1 rings (SSSR count). The van der Waals surface area contributed by atoms with Gasteiger partial charge in [-0.05, 0) is 19.1 Å². The molecule has 0 amide bonds. The van der Waals surface area contributed by atoms with E-state index >= 15 is 0 Å². The van der Waals surface area contributed by atoms with Crippen molar-refractivity contribution in [2.24, 2.45) is 0 Å². The third kappa shape index (κ3) is 2.14. The van der Waals surface area contributed by atoms with Crippen molar-refractivity contribution in [2.45, 2.75) is 6.92 Å². The Kier molecular flexibility index (Phi) is 2.96. The summed E-state index contributed by atoms with van der Waals surface area (Å²) in [7, 11) is -1.87. The van der Waals surface area contributed by atoms with Crippen molar-refractivity contribution in [3.63, 3.8) is 0 Å². The maximum Gasteiger partial charge on any atom is 0.256 e. The van der Waals surface area contributed by atoms with Gasteiger partial charge in [-0.1, -0.05) is 24.3 Å². The second-order valence-corrected chi connectivity index (χ2v) is 4.93. The van der Waals surface area contributed by atoms with Gasteiger partial charge in [0.25, 0.3) is 10.0 Å². The van der Waals surface area contributed by atoms with Gasteiger partial charge in [-0.3, -0.25) is 4.31 Å². The fourth-order valence-electron chi connectivity index (χ4n) is 1.01. The van der Waals surface area contributed by atoms with Gasteiger partial charge in [0, 0.05) is 12.5 Å². The Labute approximate surface area is 84.7 Å². The van der Waals surface area contributed by atoms with E-state index in [9.17, 15) is 8.42 Å². The predicted octanol–water partition coefficient (Wildman–Crippen LogP) is 1.90. The van der Waals surface area contributed by atoms with Crippen LogP contribution in [0.1, 0.15) is 5.56 Å². The van der Waals surface area contributed by atoms with E-state index in [1.807, 2.05) is 19.1 Å². The topological polar surface area (TPSA) is 37.4 Å². The average molecular weight is 211 g/mol. The molecule has 0 fully saturated rings. The number of sulfonamides is 1. The van der Waals surface area contributed by atoms with Gasteiger partial charge in [-0.15, -0.1) is 0 Å². The zero-order chi connectivity index (χ0) is 10.8. The summed E-state index contributed by atoms with van der Waals surface area (Å²) < 4.78 is 24.0. The summed E-state index contributed by atoms with van der Waals surface area (Å²) in [5, 5.41) is 0.937. The molecule has 0 bridgehead atoms. The maximum absolute atomic E-state index is 11.4. The average Bonchev–Trinajstić information content (AvgIpc) is 2.18. The molecule has 0 spiro atoms. The Balaban J connectivity index is 3.07. The summed E-state index contributed by atoms with van der Waals surface area (Å²) in [6.45, 7) is 5.22. The summed E-state index contributed by atoms with van der Waals surface area (Å²) in [4.78, 5) is 0. The predicted molar refractivity (Wildman–Crippen MR) is 58.7 cm³/mol. The Morgan fingerprint density at radius 1 is 1.29 bits per heavy atom. The molecule has 0 aliphatic rings. The lowest BCUT2D eigenvalue weighted by Crippen LogP contribution is -2.23. The van der Waals surface area contributed by atoms with Gasteiger partial charge >= 0.3 is 0 Å². The molecule has 0 aliphatic carbocycles. The summed E-state index contributed by atoms with van der Waals surface area (Å²) in [5.41, 5.74) is 1.73. The van der Waals surface area contributed by atoms with Crippen LogP contribution in [0.5, 0.6) is 0 Å². The molecule has 0 aliphatic heterocycles. The highest BCUT2D eigenvalue weighted by molar-refractivity contribution is 7.95. The van der Waals surface area contributed by atoms with Crippen LogP contribution in [0.25, 0.3) is 0 Å². The van der Waals surface area contributed by atoms with Crippen molar-refractivity contribution in [3.8, 4) is 0 Å². The van der Waals surface area contributed by atoms with Gasteiger partial charge in [-0.2, -0.15) is 0 Å². The van der Waals surface area contributed by atoms with Crippen LogP contribution in [0.2, 0.25) is 0 Å². The molecule has 0 radical (unpaired) electrons. The number of aryl methyl sites for hydroxylation is 1. The number of anilines is 1. The molecule has 3 nitrogen and oxygen atoms in total. The van der Waals surface area contributed by atoms with E-state index in [2.05, 4.69) is 6.58 Å². The molecule has 0 aromatic heterocycles. The van der Waals surface area contributed by atoms with E-state index in [4.69, 9.17) is 0 Å². The van der Waals surface area contributed by atoms with Gasteiger partial charge in [-0.25, -0.2) is 8.42 Å². The van der Waals surface area contributed by atoms with Crippen LogP contribution in [-0.2, 0) is 10.0 Å². The van der Waals surface area contributed by atoms with Gasteiger partial charge < -0.3 is 0 Å². The van der Waals surface area contributed by atoms with E-state index in [0.717, 1.165) is 11.0 Å². The van der Waals surface area contributed by atoms with Crippen molar-refractivity contribution in [1.29, 1.82) is 0 Å². The summed E-state index contributed by atoms with van der Waals surface area (Å²) in [5.74, 6) is 0. The van der Waals surface area contributed by atoms with Crippen LogP contribution >= 0.6 is 0 Å². The largest absolute Gasteiger partial charge is 0.270 e. The second kappa shape index (κ2) is 3.84. The minimum Gasteiger partial charge on any atom is -0.270 e. The highest BCUT2D eigenvalue weighted by Gasteiger charge is 2.12. The SMILES string of the molecule is C=CS(=O)(=O)N(C)c1ccc(C)cc1. The zero-order valence-electron chi connectivity index (χ0n) is 8.27. The minimum absolute atomic E-state index is 0.635. The maximum atomic E-state index is 11.4. The monoisotopic (exact) mass is 211 g/mol. The number of hydrogen-bond acceptors (Lipinski definition) is 2. The molecular formula is C10H13NO2S. The summed E-state index contributed by atoms with van der Waals surface area (Å²) in [6.07, 6.45) is 0. The van der Waals surface area contributed by atoms with Crippen LogP contribution in [0.3, 0.4) is 0 Å². The van der Waals surface area contributed by atoms with Crippen molar-refractivity contribution in [3.05, 3.63) is 41.8 Å². The molecule has 0 heterocycles. The molecule has 76 valence electrons. The standard InChI is InChI=1S/C10H13NO2S/c1-4-14(12,13)11(3)10-7-5-9(2)6-8-10/h4-8H,1H2,2-3H3. The number of nitrogens with zero attached hydrogens (tertiary/aromatic N) is 1. The fraction of sp³-hybridized carbons (Fsp3) is 0.200. The number of hydrogen-bond donors (Lipinski definition) is 0. The van der Waals surface area contributed by atoms with Crippen LogP contribution < -0.4 is 4.31 Å².